The van der Waals surface area contributed by atoms with Gasteiger partial charge in [-0.05, 0) is 32.3 Å². The molecule has 0 fully saturated rings. The number of benzene rings is 1. The van der Waals surface area contributed by atoms with Gasteiger partial charge in [0, 0.05) is 19.2 Å². The molecular formula is C13H21NO. The van der Waals surface area contributed by atoms with Gasteiger partial charge in [-0.15, -0.1) is 0 Å². The number of hydrogen-bond acceptors (Lipinski definition) is 2. The van der Waals surface area contributed by atoms with Crippen LogP contribution in [0.2, 0.25) is 0 Å². The topological polar surface area (TPSA) is 32.3 Å². The maximum absolute atomic E-state index is 8.70. The van der Waals surface area contributed by atoms with Crippen molar-refractivity contribution in [2.24, 2.45) is 0 Å². The molecule has 0 aliphatic rings. The fraction of sp³-hybridized carbons (Fsp3) is 0.538. The zero-order valence-electron chi connectivity index (χ0n) is 9.66. The van der Waals surface area contributed by atoms with Crippen molar-refractivity contribution < 1.29 is 5.11 Å². The zero-order valence-corrected chi connectivity index (χ0v) is 9.66. The van der Waals surface area contributed by atoms with Gasteiger partial charge < -0.3 is 10.4 Å². The van der Waals surface area contributed by atoms with Crippen molar-refractivity contribution in [3.8, 4) is 0 Å². The highest BCUT2D eigenvalue weighted by atomic mass is 16.2. The number of aliphatic hydroxyl groups is 1. The summed E-state index contributed by atoms with van der Waals surface area (Å²) in [4.78, 5) is 0. The van der Waals surface area contributed by atoms with E-state index in [0.29, 0.717) is 6.04 Å². The highest BCUT2D eigenvalue weighted by Gasteiger charge is 2.00. The molecule has 0 radical (unpaired) electrons. The molecule has 0 bridgehead atoms. The molecule has 0 aliphatic carbocycles. The maximum Gasteiger partial charge on any atom is 0.0431 e. The lowest BCUT2D eigenvalue weighted by Gasteiger charge is -2.13. The summed E-state index contributed by atoms with van der Waals surface area (Å²) in [5.74, 6) is 0. The van der Waals surface area contributed by atoms with Gasteiger partial charge in [0.1, 0.15) is 0 Å². The number of aryl methyl sites for hydroxylation is 1. The summed E-state index contributed by atoms with van der Waals surface area (Å²) >= 11 is 0. The maximum atomic E-state index is 8.70. The molecule has 1 aromatic rings. The van der Waals surface area contributed by atoms with Gasteiger partial charge in [0.15, 0.2) is 0 Å². The van der Waals surface area contributed by atoms with E-state index in [4.69, 9.17) is 5.11 Å². The van der Waals surface area contributed by atoms with E-state index in [1.54, 1.807) is 0 Å². The van der Waals surface area contributed by atoms with E-state index in [2.05, 4.69) is 43.4 Å². The van der Waals surface area contributed by atoms with Crippen molar-refractivity contribution in [2.75, 3.05) is 6.61 Å². The van der Waals surface area contributed by atoms with Crippen molar-refractivity contribution in [2.45, 2.75) is 39.3 Å². The lowest BCUT2D eigenvalue weighted by atomic mass is 10.1. The van der Waals surface area contributed by atoms with Crippen molar-refractivity contribution in [3.05, 3.63) is 35.4 Å². The molecule has 0 aromatic heterocycles. The Hall–Kier alpha value is -0.860. The monoisotopic (exact) mass is 207 g/mol. The molecule has 1 unspecified atom stereocenters. The normalized spacial score (nSPS) is 12.7. The first kappa shape index (κ1) is 12.2. The van der Waals surface area contributed by atoms with Crippen molar-refractivity contribution in [3.63, 3.8) is 0 Å². The van der Waals surface area contributed by atoms with Crippen LogP contribution in [0.3, 0.4) is 0 Å². The van der Waals surface area contributed by atoms with Crippen molar-refractivity contribution in [1.29, 1.82) is 0 Å². The third-order valence-corrected chi connectivity index (χ3v) is 2.57. The van der Waals surface area contributed by atoms with E-state index in [-0.39, 0.29) is 6.61 Å². The van der Waals surface area contributed by atoms with E-state index in [9.17, 15) is 0 Å². The molecule has 2 heteroatoms. The van der Waals surface area contributed by atoms with Gasteiger partial charge >= 0.3 is 0 Å². The summed E-state index contributed by atoms with van der Waals surface area (Å²) in [5, 5.41) is 12.1. The molecule has 1 rings (SSSR count). The van der Waals surface area contributed by atoms with Crippen LogP contribution in [0, 0.1) is 6.92 Å². The van der Waals surface area contributed by atoms with E-state index in [1.807, 2.05) is 0 Å². The first-order chi connectivity index (χ1) is 7.22. The lowest BCUT2D eigenvalue weighted by molar-refractivity contribution is 0.276. The molecule has 1 aromatic carbocycles. The van der Waals surface area contributed by atoms with Crippen LogP contribution >= 0.6 is 0 Å². The van der Waals surface area contributed by atoms with Crippen LogP contribution in [0.1, 0.15) is 30.9 Å². The molecule has 0 spiro atoms. The Morgan fingerprint density at radius 1 is 1.27 bits per heavy atom. The number of hydrogen-bond donors (Lipinski definition) is 2. The van der Waals surface area contributed by atoms with E-state index < -0.39 is 0 Å². The fourth-order valence-corrected chi connectivity index (χ4v) is 1.50. The SMILES string of the molecule is Cc1ccc(CNC(C)CCCO)cc1. The third-order valence-electron chi connectivity index (χ3n) is 2.57. The third kappa shape index (κ3) is 4.96. The summed E-state index contributed by atoms with van der Waals surface area (Å²) < 4.78 is 0. The summed E-state index contributed by atoms with van der Waals surface area (Å²) in [6, 6.07) is 9.05. The minimum atomic E-state index is 0.288. The molecule has 2 nitrogen and oxygen atoms in total. The molecule has 0 heterocycles. The van der Waals surface area contributed by atoms with Crippen molar-refractivity contribution >= 4 is 0 Å². The number of rotatable bonds is 6. The molecule has 1 atom stereocenters. The molecule has 0 aliphatic heterocycles. The Morgan fingerprint density at radius 3 is 2.53 bits per heavy atom. The minimum absolute atomic E-state index is 0.288. The summed E-state index contributed by atoms with van der Waals surface area (Å²) in [7, 11) is 0. The standard InChI is InChI=1S/C13H21NO/c1-11-5-7-13(8-6-11)10-14-12(2)4-3-9-15/h5-8,12,14-15H,3-4,9-10H2,1-2H3. The van der Waals surface area contributed by atoms with Gasteiger partial charge in [0.05, 0.1) is 0 Å². The second-order valence-corrected chi connectivity index (χ2v) is 4.13. The highest BCUT2D eigenvalue weighted by molar-refractivity contribution is 5.21. The van der Waals surface area contributed by atoms with Gasteiger partial charge in [0.2, 0.25) is 0 Å². The average Bonchev–Trinajstić information content (AvgIpc) is 2.25. The first-order valence-electron chi connectivity index (χ1n) is 5.62. The van der Waals surface area contributed by atoms with Gasteiger partial charge in [-0.1, -0.05) is 29.8 Å². The zero-order chi connectivity index (χ0) is 11.1. The van der Waals surface area contributed by atoms with Crippen LogP contribution in [-0.2, 0) is 6.54 Å². The first-order valence-corrected chi connectivity index (χ1v) is 5.62. The van der Waals surface area contributed by atoms with Gasteiger partial charge in [0.25, 0.3) is 0 Å². The predicted octanol–water partition coefficient (Wildman–Crippen LogP) is 2.25. The van der Waals surface area contributed by atoms with Crippen LogP contribution in [0.5, 0.6) is 0 Å². The van der Waals surface area contributed by atoms with Crippen LogP contribution in [0.15, 0.2) is 24.3 Å². The smallest absolute Gasteiger partial charge is 0.0431 e. The highest BCUT2D eigenvalue weighted by Crippen LogP contribution is 2.04. The largest absolute Gasteiger partial charge is 0.396 e. The fourth-order valence-electron chi connectivity index (χ4n) is 1.50. The van der Waals surface area contributed by atoms with Gasteiger partial charge in [-0.25, -0.2) is 0 Å². The van der Waals surface area contributed by atoms with E-state index in [1.165, 1.54) is 11.1 Å². The van der Waals surface area contributed by atoms with Crippen LogP contribution in [0.4, 0.5) is 0 Å². The lowest BCUT2D eigenvalue weighted by Crippen LogP contribution is -2.25. The summed E-state index contributed by atoms with van der Waals surface area (Å²) in [6.45, 7) is 5.45. The number of aliphatic hydroxyl groups excluding tert-OH is 1. The van der Waals surface area contributed by atoms with Gasteiger partial charge in [-0.2, -0.15) is 0 Å². The summed E-state index contributed by atoms with van der Waals surface area (Å²) in [6.07, 6.45) is 1.91. The van der Waals surface area contributed by atoms with Crippen molar-refractivity contribution in [1.82, 2.24) is 5.32 Å². The molecule has 0 saturated heterocycles. The number of nitrogens with one attached hydrogen (secondary N) is 1. The Labute approximate surface area is 92.3 Å². The van der Waals surface area contributed by atoms with Gasteiger partial charge in [-0.3, -0.25) is 0 Å². The second-order valence-electron chi connectivity index (χ2n) is 4.13. The second kappa shape index (κ2) is 6.59. The molecule has 0 saturated carbocycles. The molecule has 2 N–H and O–H groups in total. The minimum Gasteiger partial charge on any atom is -0.396 e. The Balaban J connectivity index is 2.27. The Morgan fingerprint density at radius 2 is 1.93 bits per heavy atom. The van der Waals surface area contributed by atoms with E-state index in [0.717, 1.165) is 19.4 Å². The molecule has 84 valence electrons. The Bertz CT molecular complexity index is 268. The molecule has 15 heavy (non-hydrogen) atoms. The van der Waals surface area contributed by atoms with Crippen LogP contribution in [0.25, 0.3) is 0 Å². The summed E-state index contributed by atoms with van der Waals surface area (Å²) in [5.41, 5.74) is 2.61. The Kier molecular flexibility index (Phi) is 5.37. The van der Waals surface area contributed by atoms with Crippen LogP contribution < -0.4 is 5.32 Å². The molecule has 0 amide bonds. The van der Waals surface area contributed by atoms with Crippen LogP contribution in [-0.4, -0.2) is 17.8 Å². The predicted molar refractivity (Wildman–Crippen MR) is 63.8 cm³/mol. The quantitative estimate of drug-likeness (QED) is 0.750. The molecular weight excluding hydrogens is 186 g/mol. The van der Waals surface area contributed by atoms with E-state index >= 15 is 0 Å². The average molecular weight is 207 g/mol.